The first-order valence-corrected chi connectivity index (χ1v) is 10.1. The number of rotatable bonds is 5. The van der Waals surface area contributed by atoms with E-state index in [9.17, 15) is 4.79 Å². The molecule has 24 heavy (non-hydrogen) atoms. The standard InChI is InChI=1S/C19H30N2O2S/c1-6-13-11-24-17(20-13)12(2)7-8-14-15-9-21(10-16(14)15)18(22)23-19(3,4)5/h11-12,14-16H,6-10H2,1-5H3. The lowest BCUT2D eigenvalue weighted by atomic mass is 10.0. The van der Waals surface area contributed by atoms with Gasteiger partial charge < -0.3 is 9.64 Å². The van der Waals surface area contributed by atoms with Crippen LogP contribution >= 0.6 is 11.3 Å². The van der Waals surface area contributed by atoms with Crippen molar-refractivity contribution >= 4 is 17.4 Å². The van der Waals surface area contributed by atoms with Gasteiger partial charge in [-0.05, 0) is 57.8 Å². The summed E-state index contributed by atoms with van der Waals surface area (Å²) < 4.78 is 5.47. The highest BCUT2D eigenvalue weighted by Gasteiger charge is 2.56. The van der Waals surface area contributed by atoms with E-state index in [1.807, 2.05) is 25.7 Å². The van der Waals surface area contributed by atoms with E-state index in [1.54, 1.807) is 11.3 Å². The summed E-state index contributed by atoms with van der Waals surface area (Å²) in [6, 6.07) is 0. The van der Waals surface area contributed by atoms with E-state index in [0.717, 1.165) is 25.4 Å². The molecule has 2 fully saturated rings. The topological polar surface area (TPSA) is 42.4 Å². The van der Waals surface area contributed by atoms with E-state index in [4.69, 9.17) is 9.72 Å². The van der Waals surface area contributed by atoms with E-state index in [2.05, 4.69) is 19.2 Å². The third-order valence-corrected chi connectivity index (χ3v) is 6.43. The largest absolute Gasteiger partial charge is 0.444 e. The molecule has 1 aromatic heterocycles. The zero-order valence-electron chi connectivity index (χ0n) is 15.5. The highest BCUT2D eigenvalue weighted by Crippen LogP contribution is 2.54. The second kappa shape index (κ2) is 6.66. The number of carbonyl (C=O) groups excluding carboxylic acids is 1. The Labute approximate surface area is 149 Å². The number of fused-ring (bicyclic) bond motifs is 1. The van der Waals surface area contributed by atoms with E-state index in [0.29, 0.717) is 17.8 Å². The second-order valence-electron chi connectivity index (χ2n) is 8.39. The van der Waals surface area contributed by atoms with Gasteiger partial charge >= 0.3 is 6.09 Å². The molecule has 3 rings (SSSR count). The predicted molar refractivity (Wildman–Crippen MR) is 97.4 cm³/mol. The number of aryl methyl sites for hydroxylation is 1. The Bertz CT molecular complexity index is 580. The van der Waals surface area contributed by atoms with Crippen LogP contribution in [-0.4, -0.2) is 34.7 Å². The Morgan fingerprint density at radius 2 is 2.08 bits per heavy atom. The van der Waals surface area contributed by atoms with Gasteiger partial charge in [-0.2, -0.15) is 0 Å². The van der Waals surface area contributed by atoms with Crippen LogP contribution < -0.4 is 0 Å². The van der Waals surface area contributed by atoms with Crippen LogP contribution in [0.4, 0.5) is 4.79 Å². The Morgan fingerprint density at radius 1 is 1.42 bits per heavy atom. The van der Waals surface area contributed by atoms with Crippen molar-refractivity contribution in [3.63, 3.8) is 0 Å². The van der Waals surface area contributed by atoms with Gasteiger partial charge in [-0.25, -0.2) is 9.78 Å². The van der Waals surface area contributed by atoms with E-state index in [1.165, 1.54) is 23.5 Å². The van der Waals surface area contributed by atoms with Crippen molar-refractivity contribution in [2.45, 2.75) is 65.4 Å². The van der Waals surface area contributed by atoms with Crippen LogP contribution in [0.25, 0.3) is 0 Å². The van der Waals surface area contributed by atoms with Gasteiger partial charge in [0.25, 0.3) is 0 Å². The highest BCUT2D eigenvalue weighted by molar-refractivity contribution is 7.09. The fourth-order valence-electron chi connectivity index (χ4n) is 3.83. The summed E-state index contributed by atoms with van der Waals surface area (Å²) in [5, 5.41) is 3.48. The van der Waals surface area contributed by atoms with Crippen LogP contribution in [0.3, 0.4) is 0 Å². The minimum Gasteiger partial charge on any atom is -0.444 e. The number of ether oxygens (including phenoxy) is 1. The minimum absolute atomic E-state index is 0.142. The average Bonchev–Trinajstić information content (AvgIpc) is 2.91. The van der Waals surface area contributed by atoms with Crippen LogP contribution in [0.15, 0.2) is 5.38 Å². The molecule has 0 bridgehead atoms. The number of thiazole rings is 1. The summed E-state index contributed by atoms with van der Waals surface area (Å²) in [7, 11) is 0. The number of piperidine rings is 1. The number of hydrogen-bond donors (Lipinski definition) is 0. The fraction of sp³-hybridized carbons (Fsp3) is 0.789. The first-order valence-electron chi connectivity index (χ1n) is 9.20. The number of likely N-dealkylation sites (tertiary alicyclic amines) is 1. The molecule has 1 saturated heterocycles. The molecule has 134 valence electrons. The van der Waals surface area contributed by atoms with Gasteiger partial charge in [0, 0.05) is 24.4 Å². The zero-order chi connectivity index (χ0) is 17.5. The van der Waals surface area contributed by atoms with Crippen molar-refractivity contribution in [1.29, 1.82) is 0 Å². The van der Waals surface area contributed by atoms with Gasteiger partial charge in [0.05, 0.1) is 10.7 Å². The molecule has 1 saturated carbocycles. The molecule has 1 amide bonds. The smallest absolute Gasteiger partial charge is 0.410 e. The van der Waals surface area contributed by atoms with Crippen LogP contribution in [0.2, 0.25) is 0 Å². The number of aromatic nitrogens is 1. The Hall–Kier alpha value is -1.10. The Morgan fingerprint density at radius 3 is 2.62 bits per heavy atom. The summed E-state index contributed by atoms with van der Waals surface area (Å²) in [5.74, 6) is 2.76. The van der Waals surface area contributed by atoms with Gasteiger partial charge in [0.1, 0.15) is 5.60 Å². The van der Waals surface area contributed by atoms with Crippen LogP contribution in [0.5, 0.6) is 0 Å². The zero-order valence-corrected chi connectivity index (χ0v) is 16.4. The fourth-order valence-corrected chi connectivity index (χ4v) is 4.83. The molecule has 1 aromatic rings. The third-order valence-electron chi connectivity index (χ3n) is 5.31. The SMILES string of the molecule is CCc1csc(C(C)CCC2C3CN(C(=O)OC(C)(C)C)CC23)n1. The lowest BCUT2D eigenvalue weighted by molar-refractivity contribution is 0.0264. The van der Waals surface area contributed by atoms with Crippen molar-refractivity contribution in [2.24, 2.45) is 17.8 Å². The van der Waals surface area contributed by atoms with Gasteiger partial charge in [-0.15, -0.1) is 11.3 Å². The highest BCUT2D eigenvalue weighted by atomic mass is 32.1. The van der Waals surface area contributed by atoms with Crippen molar-refractivity contribution in [2.75, 3.05) is 13.1 Å². The van der Waals surface area contributed by atoms with Crippen molar-refractivity contribution < 1.29 is 9.53 Å². The maximum absolute atomic E-state index is 12.1. The predicted octanol–water partition coefficient (Wildman–Crippen LogP) is 4.70. The Balaban J connectivity index is 1.41. The maximum Gasteiger partial charge on any atom is 0.410 e. The normalized spacial score (nSPS) is 27.0. The molecule has 2 heterocycles. The summed E-state index contributed by atoms with van der Waals surface area (Å²) in [5.41, 5.74) is 0.821. The third kappa shape index (κ3) is 3.93. The summed E-state index contributed by atoms with van der Waals surface area (Å²) in [4.78, 5) is 18.7. The van der Waals surface area contributed by atoms with E-state index < -0.39 is 5.60 Å². The molecule has 1 aliphatic carbocycles. The molecule has 0 aromatic carbocycles. The van der Waals surface area contributed by atoms with E-state index >= 15 is 0 Å². The van der Waals surface area contributed by atoms with Gasteiger partial charge in [-0.3, -0.25) is 0 Å². The molecule has 1 aliphatic heterocycles. The number of amides is 1. The van der Waals surface area contributed by atoms with Gasteiger partial charge in [0.2, 0.25) is 0 Å². The van der Waals surface area contributed by atoms with Gasteiger partial charge in [0.15, 0.2) is 0 Å². The van der Waals surface area contributed by atoms with Crippen LogP contribution in [0, 0.1) is 17.8 Å². The first-order chi connectivity index (χ1) is 11.3. The molecule has 2 aliphatic rings. The van der Waals surface area contributed by atoms with Crippen molar-refractivity contribution in [1.82, 2.24) is 9.88 Å². The average molecular weight is 351 g/mol. The lowest BCUT2D eigenvalue weighted by Gasteiger charge is -2.26. The van der Waals surface area contributed by atoms with Crippen LogP contribution in [0.1, 0.15) is 64.1 Å². The molecule has 3 unspecified atom stereocenters. The van der Waals surface area contributed by atoms with E-state index in [-0.39, 0.29) is 6.09 Å². The molecule has 3 atom stereocenters. The molecule has 4 nitrogen and oxygen atoms in total. The number of nitrogens with zero attached hydrogens (tertiary/aromatic N) is 2. The lowest BCUT2D eigenvalue weighted by Crippen LogP contribution is -2.37. The molecular formula is C19H30N2O2S. The quantitative estimate of drug-likeness (QED) is 0.773. The summed E-state index contributed by atoms with van der Waals surface area (Å²) >= 11 is 1.80. The second-order valence-corrected chi connectivity index (χ2v) is 9.28. The van der Waals surface area contributed by atoms with Crippen LogP contribution in [-0.2, 0) is 11.2 Å². The molecule has 5 heteroatoms. The maximum atomic E-state index is 12.1. The van der Waals surface area contributed by atoms with Crippen molar-refractivity contribution in [3.05, 3.63) is 16.1 Å². The Kier molecular flexibility index (Phi) is 4.92. The summed E-state index contributed by atoms with van der Waals surface area (Å²) in [6.45, 7) is 12.0. The monoisotopic (exact) mass is 350 g/mol. The van der Waals surface area contributed by atoms with Crippen molar-refractivity contribution in [3.8, 4) is 0 Å². The minimum atomic E-state index is -0.399. The first kappa shape index (κ1) is 17.7. The van der Waals surface area contributed by atoms with Gasteiger partial charge in [-0.1, -0.05) is 13.8 Å². The number of hydrogen-bond acceptors (Lipinski definition) is 4. The molecule has 0 radical (unpaired) electrons. The molecule has 0 spiro atoms. The molecule has 0 N–H and O–H groups in total. The molecular weight excluding hydrogens is 320 g/mol. The number of carbonyl (C=O) groups is 1. The summed E-state index contributed by atoms with van der Waals surface area (Å²) in [6.07, 6.45) is 3.36.